The number of hydrogen-bond acceptors (Lipinski definition) is 4. The second-order valence-corrected chi connectivity index (χ2v) is 5.26. The molecular weight excluding hydrogens is 262 g/mol. The first-order chi connectivity index (χ1) is 10.1. The summed E-state index contributed by atoms with van der Waals surface area (Å²) in [5, 5.41) is 4.13. The molecule has 0 aliphatic carbocycles. The van der Waals surface area contributed by atoms with Gasteiger partial charge in [0, 0.05) is 17.5 Å². The van der Waals surface area contributed by atoms with Crippen LogP contribution in [0.25, 0.3) is 22.4 Å². The zero-order chi connectivity index (χ0) is 15.0. The van der Waals surface area contributed by atoms with Crippen LogP contribution in [-0.4, -0.2) is 10.1 Å². The van der Waals surface area contributed by atoms with Crippen molar-refractivity contribution >= 4 is 5.88 Å². The fourth-order valence-corrected chi connectivity index (χ4v) is 2.37. The molecule has 2 heterocycles. The summed E-state index contributed by atoms with van der Waals surface area (Å²) < 4.78 is 5.22. The fraction of sp³-hybridized carbons (Fsp3) is 0.176. The van der Waals surface area contributed by atoms with E-state index >= 15 is 0 Å². The average molecular weight is 279 g/mol. The Kier molecular flexibility index (Phi) is 3.22. The van der Waals surface area contributed by atoms with Crippen LogP contribution in [0.5, 0.6) is 0 Å². The third-order valence-corrected chi connectivity index (χ3v) is 3.68. The van der Waals surface area contributed by atoms with E-state index in [-0.39, 0.29) is 0 Å². The molecule has 0 atom stereocenters. The van der Waals surface area contributed by atoms with E-state index in [9.17, 15) is 0 Å². The van der Waals surface area contributed by atoms with Crippen LogP contribution < -0.4 is 5.73 Å². The number of aromatic nitrogens is 2. The summed E-state index contributed by atoms with van der Waals surface area (Å²) in [6.45, 7) is 6.12. The molecule has 0 aliphatic heterocycles. The number of anilines is 1. The number of nitrogens with zero attached hydrogens (tertiary/aromatic N) is 2. The molecule has 0 spiro atoms. The lowest BCUT2D eigenvalue weighted by Gasteiger charge is -2.06. The highest BCUT2D eigenvalue weighted by atomic mass is 16.5. The van der Waals surface area contributed by atoms with Gasteiger partial charge in [0.1, 0.15) is 5.69 Å². The maximum atomic E-state index is 5.99. The van der Waals surface area contributed by atoms with Gasteiger partial charge in [-0.25, -0.2) is 0 Å². The molecule has 0 saturated heterocycles. The Bertz CT molecular complexity index is 806. The highest BCUT2D eigenvalue weighted by Crippen LogP contribution is 2.36. The number of nitrogen functional groups attached to an aromatic ring is 1. The second kappa shape index (κ2) is 5.05. The SMILES string of the molecule is Cc1cc(-c2noc(N)c2-c2ccc(C)c(C)c2)ccn1. The van der Waals surface area contributed by atoms with Gasteiger partial charge < -0.3 is 10.3 Å². The molecule has 2 aromatic heterocycles. The molecule has 0 radical (unpaired) electrons. The number of benzene rings is 1. The van der Waals surface area contributed by atoms with E-state index in [0.29, 0.717) is 5.88 Å². The van der Waals surface area contributed by atoms with Gasteiger partial charge in [-0.1, -0.05) is 23.4 Å². The molecule has 3 aromatic rings. The second-order valence-electron chi connectivity index (χ2n) is 5.26. The zero-order valence-electron chi connectivity index (χ0n) is 12.3. The predicted molar refractivity (Wildman–Crippen MR) is 83.8 cm³/mol. The number of rotatable bonds is 2. The van der Waals surface area contributed by atoms with Crippen molar-refractivity contribution in [1.29, 1.82) is 0 Å². The van der Waals surface area contributed by atoms with Gasteiger partial charge in [0.05, 0.1) is 5.56 Å². The molecule has 1 aromatic carbocycles. The molecule has 2 N–H and O–H groups in total. The Hall–Kier alpha value is -2.62. The van der Waals surface area contributed by atoms with Crippen molar-refractivity contribution in [3.8, 4) is 22.4 Å². The Labute approximate surface area is 123 Å². The highest BCUT2D eigenvalue weighted by molar-refractivity contribution is 5.87. The molecule has 4 nitrogen and oxygen atoms in total. The first kappa shape index (κ1) is 13.4. The highest BCUT2D eigenvalue weighted by Gasteiger charge is 2.18. The van der Waals surface area contributed by atoms with Crippen LogP contribution in [0.4, 0.5) is 5.88 Å². The summed E-state index contributed by atoms with van der Waals surface area (Å²) in [5.74, 6) is 0.336. The van der Waals surface area contributed by atoms with E-state index < -0.39 is 0 Å². The van der Waals surface area contributed by atoms with Crippen LogP contribution in [0.1, 0.15) is 16.8 Å². The molecule has 21 heavy (non-hydrogen) atoms. The van der Waals surface area contributed by atoms with Crippen LogP contribution >= 0.6 is 0 Å². The van der Waals surface area contributed by atoms with Crippen molar-refractivity contribution in [2.75, 3.05) is 5.73 Å². The van der Waals surface area contributed by atoms with Crippen molar-refractivity contribution in [2.45, 2.75) is 20.8 Å². The van der Waals surface area contributed by atoms with Crippen LogP contribution in [0.15, 0.2) is 41.1 Å². The minimum Gasteiger partial charge on any atom is -0.367 e. The lowest BCUT2D eigenvalue weighted by molar-refractivity contribution is 0.439. The van der Waals surface area contributed by atoms with Crippen LogP contribution in [-0.2, 0) is 0 Å². The Morgan fingerprint density at radius 3 is 2.48 bits per heavy atom. The zero-order valence-corrected chi connectivity index (χ0v) is 12.3. The van der Waals surface area contributed by atoms with Gasteiger partial charge >= 0.3 is 0 Å². The van der Waals surface area contributed by atoms with Crippen LogP contribution in [0.2, 0.25) is 0 Å². The molecule has 0 fully saturated rings. The van der Waals surface area contributed by atoms with Gasteiger partial charge in [-0.05, 0) is 49.6 Å². The molecule has 0 saturated carbocycles. The van der Waals surface area contributed by atoms with Crippen LogP contribution in [0.3, 0.4) is 0 Å². The summed E-state index contributed by atoms with van der Waals surface area (Å²) in [7, 11) is 0. The monoisotopic (exact) mass is 279 g/mol. The van der Waals surface area contributed by atoms with E-state index in [0.717, 1.165) is 28.1 Å². The summed E-state index contributed by atoms with van der Waals surface area (Å²) >= 11 is 0. The Balaban J connectivity index is 2.19. The third kappa shape index (κ3) is 2.40. The van der Waals surface area contributed by atoms with E-state index in [2.05, 4.69) is 36.1 Å². The van der Waals surface area contributed by atoms with E-state index in [4.69, 9.17) is 10.3 Å². The van der Waals surface area contributed by atoms with E-state index in [1.165, 1.54) is 11.1 Å². The van der Waals surface area contributed by atoms with E-state index in [1.54, 1.807) is 6.20 Å². The van der Waals surface area contributed by atoms with Gasteiger partial charge in [0.25, 0.3) is 0 Å². The van der Waals surface area contributed by atoms with Crippen molar-refractivity contribution in [1.82, 2.24) is 10.1 Å². The topological polar surface area (TPSA) is 64.9 Å². The smallest absolute Gasteiger partial charge is 0.230 e. The number of nitrogens with two attached hydrogens (primary N) is 1. The predicted octanol–water partition coefficient (Wildman–Crippen LogP) is 3.91. The normalized spacial score (nSPS) is 10.8. The van der Waals surface area contributed by atoms with Gasteiger partial charge in [-0.15, -0.1) is 0 Å². The molecule has 0 amide bonds. The summed E-state index contributed by atoms with van der Waals surface area (Å²) in [5.41, 5.74) is 12.9. The minimum atomic E-state index is 0.336. The molecule has 0 bridgehead atoms. The van der Waals surface area contributed by atoms with Gasteiger partial charge in [-0.2, -0.15) is 0 Å². The Morgan fingerprint density at radius 1 is 0.952 bits per heavy atom. The summed E-state index contributed by atoms with van der Waals surface area (Å²) in [6.07, 6.45) is 1.76. The van der Waals surface area contributed by atoms with Gasteiger partial charge in [0.2, 0.25) is 5.88 Å². The number of pyridine rings is 1. The first-order valence-electron chi connectivity index (χ1n) is 6.82. The van der Waals surface area contributed by atoms with Crippen molar-refractivity contribution in [3.05, 3.63) is 53.3 Å². The molecule has 3 rings (SSSR count). The van der Waals surface area contributed by atoms with E-state index in [1.807, 2.05) is 25.1 Å². The number of hydrogen-bond donors (Lipinski definition) is 1. The first-order valence-corrected chi connectivity index (χ1v) is 6.82. The minimum absolute atomic E-state index is 0.336. The van der Waals surface area contributed by atoms with Crippen molar-refractivity contribution < 1.29 is 4.52 Å². The van der Waals surface area contributed by atoms with Crippen molar-refractivity contribution in [3.63, 3.8) is 0 Å². The molecular formula is C17H17N3O. The quantitative estimate of drug-likeness (QED) is 0.772. The lowest BCUT2D eigenvalue weighted by Crippen LogP contribution is -1.90. The third-order valence-electron chi connectivity index (χ3n) is 3.68. The van der Waals surface area contributed by atoms with Crippen molar-refractivity contribution in [2.24, 2.45) is 0 Å². The summed E-state index contributed by atoms with van der Waals surface area (Å²) in [6, 6.07) is 10.1. The largest absolute Gasteiger partial charge is 0.367 e. The molecule has 0 aliphatic rings. The fourth-order valence-electron chi connectivity index (χ4n) is 2.37. The van der Waals surface area contributed by atoms with Gasteiger partial charge in [0.15, 0.2) is 0 Å². The number of aryl methyl sites for hydroxylation is 3. The molecule has 106 valence electrons. The molecule has 0 unspecified atom stereocenters. The maximum absolute atomic E-state index is 5.99. The van der Waals surface area contributed by atoms with Crippen LogP contribution in [0, 0.1) is 20.8 Å². The molecule has 4 heteroatoms. The average Bonchev–Trinajstić information content (AvgIpc) is 2.84. The summed E-state index contributed by atoms with van der Waals surface area (Å²) in [4.78, 5) is 4.21. The lowest BCUT2D eigenvalue weighted by atomic mass is 9.98. The Morgan fingerprint density at radius 2 is 1.76 bits per heavy atom. The van der Waals surface area contributed by atoms with Gasteiger partial charge in [-0.3, -0.25) is 4.98 Å². The standard InChI is InChI=1S/C17H17N3O/c1-10-4-5-13(8-11(10)2)15-16(20-21-17(15)18)14-6-7-19-12(3)9-14/h4-9H,18H2,1-3H3. The maximum Gasteiger partial charge on any atom is 0.230 e.